The number of hydrogen-bond acceptors (Lipinski definition) is 0. The third kappa shape index (κ3) is 9.31. The Morgan fingerprint density at radius 3 is 1.21 bits per heavy atom. The largest absolute Gasteiger partial charge is 0.0683 e. The van der Waals surface area contributed by atoms with Crippen molar-refractivity contribution in [3.8, 4) is 0 Å². The highest BCUT2D eigenvalue weighted by Gasteiger charge is 1.83. The van der Waals surface area contributed by atoms with Crippen LogP contribution in [-0.4, -0.2) is 0 Å². The average molecular weight is 194 g/mol. The zero-order valence-corrected chi connectivity index (χ0v) is 10.7. The molecule has 0 N–H and O–H groups in total. The first-order valence-electron chi connectivity index (χ1n) is 5.74. The molecule has 1 aromatic rings. The van der Waals surface area contributed by atoms with Gasteiger partial charge in [0.2, 0.25) is 0 Å². The molecular formula is C14H26. The highest BCUT2D eigenvalue weighted by molar-refractivity contribution is 5.23. The van der Waals surface area contributed by atoms with Gasteiger partial charge in [-0.15, -0.1) is 0 Å². The van der Waals surface area contributed by atoms with Crippen molar-refractivity contribution < 1.29 is 0 Å². The van der Waals surface area contributed by atoms with E-state index >= 15 is 0 Å². The third-order valence-electron chi connectivity index (χ3n) is 1.93. The summed E-state index contributed by atoms with van der Waals surface area (Å²) in [6.07, 6.45) is 2.64. The number of rotatable bonds is 1. The highest BCUT2D eigenvalue weighted by Crippen LogP contribution is 2.02. The van der Waals surface area contributed by atoms with Crippen molar-refractivity contribution in [1.82, 2.24) is 0 Å². The van der Waals surface area contributed by atoms with Crippen LogP contribution < -0.4 is 0 Å². The molecule has 0 heterocycles. The normalized spacial score (nSPS) is 7.86. The Labute approximate surface area is 90.4 Å². The maximum absolute atomic E-state index is 2.18. The van der Waals surface area contributed by atoms with E-state index in [-0.39, 0.29) is 0 Å². The Morgan fingerprint density at radius 1 is 0.786 bits per heavy atom. The third-order valence-corrected chi connectivity index (χ3v) is 1.93. The molecule has 0 heteroatoms. The summed E-state index contributed by atoms with van der Waals surface area (Å²) in [6, 6.07) is 8.36. The van der Waals surface area contributed by atoms with E-state index in [9.17, 15) is 0 Å². The second-order valence-corrected chi connectivity index (χ2v) is 3.08. The predicted octanol–water partition coefficient (Wildman–Crippen LogP) is 5.14. The van der Waals surface area contributed by atoms with Crippen molar-refractivity contribution in [3.63, 3.8) is 0 Å². The number of benzene rings is 1. The molecule has 0 saturated carbocycles. The summed E-state index contributed by atoms with van der Waals surface area (Å²) in [5.74, 6) is 0. The van der Waals surface area contributed by atoms with Gasteiger partial charge in [0.1, 0.15) is 0 Å². The van der Waals surface area contributed by atoms with E-state index in [1.54, 1.807) is 0 Å². The maximum atomic E-state index is 2.18. The minimum absolute atomic E-state index is 1.32. The Bertz CT molecular complexity index is 178. The number of unbranched alkanes of at least 4 members (excludes halogenated alkanes) is 1. The van der Waals surface area contributed by atoms with E-state index in [1.165, 1.54) is 24.0 Å². The van der Waals surface area contributed by atoms with Gasteiger partial charge in [0.05, 0.1) is 0 Å². The van der Waals surface area contributed by atoms with E-state index in [1.807, 2.05) is 13.8 Å². The molecule has 0 nitrogen and oxygen atoms in total. The maximum Gasteiger partial charge on any atom is -0.0395 e. The monoisotopic (exact) mass is 194 g/mol. The van der Waals surface area contributed by atoms with Crippen molar-refractivity contribution in [2.75, 3.05) is 0 Å². The smallest absolute Gasteiger partial charge is 0.0395 e. The first-order valence-corrected chi connectivity index (χ1v) is 5.74. The van der Waals surface area contributed by atoms with Crippen LogP contribution in [0.5, 0.6) is 0 Å². The summed E-state index contributed by atoms with van der Waals surface area (Å²) in [5, 5.41) is 0. The summed E-state index contributed by atoms with van der Waals surface area (Å²) >= 11 is 0. The first-order chi connectivity index (χ1) is 6.72. The number of aryl methyl sites for hydroxylation is 2. The number of hydrogen-bond donors (Lipinski definition) is 0. The van der Waals surface area contributed by atoms with Gasteiger partial charge in [-0.2, -0.15) is 0 Å². The Balaban J connectivity index is 0. The standard InChI is InChI=1S/C8H10.C4H10.C2H6/c1-7-5-3-4-6-8(7)2;1-3-4-2;1-2/h3-6H,1-2H3;3-4H2,1-2H3;1-2H3. The second-order valence-electron chi connectivity index (χ2n) is 3.08. The summed E-state index contributed by atoms with van der Waals surface area (Å²) in [7, 11) is 0. The van der Waals surface area contributed by atoms with E-state index in [0.29, 0.717) is 0 Å². The fraction of sp³-hybridized carbons (Fsp3) is 0.571. The van der Waals surface area contributed by atoms with Gasteiger partial charge < -0.3 is 0 Å². The zero-order valence-electron chi connectivity index (χ0n) is 10.7. The Hall–Kier alpha value is -0.780. The first kappa shape index (κ1) is 15.7. The molecule has 82 valence electrons. The van der Waals surface area contributed by atoms with Crippen LogP contribution in [0.15, 0.2) is 24.3 Å². The molecule has 0 bridgehead atoms. The van der Waals surface area contributed by atoms with E-state index in [0.717, 1.165) is 0 Å². The highest BCUT2D eigenvalue weighted by atomic mass is 13.9. The van der Waals surface area contributed by atoms with Crippen molar-refractivity contribution in [2.45, 2.75) is 54.4 Å². The van der Waals surface area contributed by atoms with Gasteiger partial charge in [-0.1, -0.05) is 64.8 Å². The fourth-order valence-corrected chi connectivity index (χ4v) is 0.663. The van der Waals surface area contributed by atoms with Crippen LogP contribution >= 0.6 is 0 Å². The van der Waals surface area contributed by atoms with Crippen LogP contribution in [0.1, 0.15) is 51.7 Å². The molecule has 0 aliphatic rings. The van der Waals surface area contributed by atoms with Crippen LogP contribution in [0.4, 0.5) is 0 Å². The van der Waals surface area contributed by atoms with Gasteiger partial charge in [0, 0.05) is 0 Å². The van der Waals surface area contributed by atoms with Crippen molar-refractivity contribution in [1.29, 1.82) is 0 Å². The lowest BCUT2D eigenvalue weighted by Crippen LogP contribution is -1.74. The molecule has 0 saturated heterocycles. The van der Waals surface area contributed by atoms with Crippen LogP contribution in [0.3, 0.4) is 0 Å². The van der Waals surface area contributed by atoms with Crippen LogP contribution in [-0.2, 0) is 0 Å². The SMILES string of the molecule is CC.CCCC.Cc1ccccc1C. The molecule has 1 aromatic carbocycles. The molecule has 0 atom stereocenters. The summed E-state index contributed by atoms with van der Waals surface area (Å²) in [4.78, 5) is 0. The molecule has 0 aliphatic carbocycles. The molecule has 0 radical (unpaired) electrons. The molecular weight excluding hydrogens is 168 g/mol. The van der Waals surface area contributed by atoms with Gasteiger partial charge in [-0.25, -0.2) is 0 Å². The Morgan fingerprint density at radius 2 is 1.07 bits per heavy atom. The van der Waals surface area contributed by atoms with Gasteiger partial charge in [-0.3, -0.25) is 0 Å². The van der Waals surface area contributed by atoms with Crippen LogP contribution in [0.25, 0.3) is 0 Å². The predicted molar refractivity (Wildman–Crippen MR) is 67.8 cm³/mol. The van der Waals surface area contributed by atoms with Gasteiger partial charge >= 0.3 is 0 Å². The molecule has 14 heavy (non-hydrogen) atoms. The Kier molecular flexibility index (Phi) is 13.7. The van der Waals surface area contributed by atoms with Crippen molar-refractivity contribution in [2.24, 2.45) is 0 Å². The molecule has 0 aliphatic heterocycles. The molecule has 0 fully saturated rings. The molecule has 0 unspecified atom stereocenters. The molecule has 0 amide bonds. The topological polar surface area (TPSA) is 0 Å². The molecule has 0 spiro atoms. The zero-order chi connectivity index (χ0) is 11.4. The summed E-state index contributed by atoms with van der Waals surface area (Å²) in [5.41, 5.74) is 2.74. The summed E-state index contributed by atoms with van der Waals surface area (Å²) < 4.78 is 0. The van der Waals surface area contributed by atoms with Crippen molar-refractivity contribution in [3.05, 3.63) is 35.4 Å². The van der Waals surface area contributed by atoms with E-state index < -0.39 is 0 Å². The minimum atomic E-state index is 1.32. The quantitative estimate of drug-likeness (QED) is 0.581. The molecule has 0 aromatic heterocycles. The summed E-state index contributed by atoms with van der Waals surface area (Å²) in [6.45, 7) is 12.6. The van der Waals surface area contributed by atoms with Crippen LogP contribution in [0, 0.1) is 13.8 Å². The minimum Gasteiger partial charge on any atom is -0.0683 e. The van der Waals surface area contributed by atoms with Crippen LogP contribution in [0.2, 0.25) is 0 Å². The average Bonchev–Trinajstić information content (AvgIpc) is 2.26. The second kappa shape index (κ2) is 12.2. The lowest BCUT2D eigenvalue weighted by Gasteiger charge is -1.93. The molecule has 1 rings (SSSR count). The fourth-order valence-electron chi connectivity index (χ4n) is 0.663. The lowest BCUT2D eigenvalue weighted by molar-refractivity contribution is 0.886. The van der Waals surface area contributed by atoms with Gasteiger partial charge in [-0.05, 0) is 25.0 Å². The van der Waals surface area contributed by atoms with E-state index in [2.05, 4.69) is 52.0 Å². The van der Waals surface area contributed by atoms with Crippen molar-refractivity contribution >= 4 is 0 Å². The van der Waals surface area contributed by atoms with E-state index in [4.69, 9.17) is 0 Å². The van der Waals surface area contributed by atoms with Gasteiger partial charge in [0.25, 0.3) is 0 Å². The van der Waals surface area contributed by atoms with Gasteiger partial charge in [0.15, 0.2) is 0 Å². The lowest BCUT2D eigenvalue weighted by atomic mass is 10.1.